The highest BCUT2D eigenvalue weighted by Crippen LogP contribution is 2.43. The highest BCUT2D eigenvalue weighted by Gasteiger charge is 2.46. The first-order chi connectivity index (χ1) is 12.8. The van der Waals surface area contributed by atoms with Crippen molar-refractivity contribution in [2.24, 2.45) is 0 Å². The SMILES string of the molecule is O=C1CCC2(CCC(NCc3ccccn3)CC2)N1Cc1ccccc1. The molecule has 0 unspecified atom stereocenters. The molecule has 2 fully saturated rings. The normalized spacial score (nSPS) is 25.8. The van der Waals surface area contributed by atoms with Crippen LogP contribution in [0.4, 0.5) is 0 Å². The fraction of sp³-hybridized carbons (Fsp3) is 0.455. The number of benzene rings is 1. The molecule has 1 aromatic carbocycles. The maximum absolute atomic E-state index is 12.5. The number of nitrogens with one attached hydrogen (secondary N) is 1. The first-order valence-electron chi connectivity index (χ1n) is 9.73. The number of hydrogen-bond acceptors (Lipinski definition) is 3. The van der Waals surface area contributed by atoms with Crippen molar-refractivity contribution in [2.75, 3.05) is 0 Å². The van der Waals surface area contributed by atoms with Crippen LogP contribution in [0.15, 0.2) is 54.7 Å². The number of pyridine rings is 1. The largest absolute Gasteiger partial charge is 0.333 e. The minimum absolute atomic E-state index is 0.0795. The highest BCUT2D eigenvalue weighted by molar-refractivity contribution is 5.79. The van der Waals surface area contributed by atoms with Crippen molar-refractivity contribution >= 4 is 5.91 Å². The molecular weight excluding hydrogens is 322 g/mol. The van der Waals surface area contributed by atoms with Gasteiger partial charge < -0.3 is 10.2 Å². The first-order valence-corrected chi connectivity index (χ1v) is 9.73. The molecular formula is C22H27N3O. The van der Waals surface area contributed by atoms with Crippen LogP contribution in [0.25, 0.3) is 0 Å². The van der Waals surface area contributed by atoms with E-state index in [2.05, 4.69) is 45.5 Å². The van der Waals surface area contributed by atoms with Crippen molar-refractivity contribution in [2.45, 2.75) is 63.2 Å². The Balaban J connectivity index is 1.36. The average molecular weight is 349 g/mol. The van der Waals surface area contributed by atoms with Crippen LogP contribution in [0.2, 0.25) is 0 Å². The maximum atomic E-state index is 12.5. The van der Waals surface area contributed by atoms with E-state index in [4.69, 9.17) is 0 Å². The number of nitrogens with zero attached hydrogens (tertiary/aromatic N) is 2. The molecule has 136 valence electrons. The average Bonchev–Trinajstić information content (AvgIpc) is 2.99. The zero-order valence-corrected chi connectivity index (χ0v) is 15.2. The second-order valence-corrected chi connectivity index (χ2v) is 7.67. The molecule has 4 rings (SSSR count). The van der Waals surface area contributed by atoms with E-state index >= 15 is 0 Å². The van der Waals surface area contributed by atoms with Crippen LogP contribution in [0.5, 0.6) is 0 Å². The lowest BCUT2D eigenvalue weighted by atomic mass is 9.77. The molecule has 1 saturated heterocycles. The predicted molar refractivity (Wildman–Crippen MR) is 102 cm³/mol. The second kappa shape index (κ2) is 7.58. The second-order valence-electron chi connectivity index (χ2n) is 7.67. The summed E-state index contributed by atoms with van der Waals surface area (Å²) < 4.78 is 0. The van der Waals surface area contributed by atoms with Gasteiger partial charge in [0, 0.05) is 37.3 Å². The Hall–Kier alpha value is -2.20. The van der Waals surface area contributed by atoms with Crippen LogP contribution < -0.4 is 5.32 Å². The van der Waals surface area contributed by atoms with E-state index in [0.717, 1.165) is 50.9 Å². The molecule has 2 aromatic rings. The van der Waals surface area contributed by atoms with Crippen LogP contribution in [0.1, 0.15) is 49.8 Å². The molecule has 1 amide bonds. The van der Waals surface area contributed by atoms with Gasteiger partial charge in [-0.2, -0.15) is 0 Å². The van der Waals surface area contributed by atoms with Crippen LogP contribution >= 0.6 is 0 Å². The summed E-state index contributed by atoms with van der Waals surface area (Å²) >= 11 is 0. The number of carbonyl (C=O) groups excluding carboxylic acids is 1. The molecule has 2 aliphatic rings. The van der Waals surface area contributed by atoms with Gasteiger partial charge in [-0.1, -0.05) is 36.4 Å². The van der Waals surface area contributed by atoms with Crippen LogP contribution in [0.3, 0.4) is 0 Å². The Labute approximate surface area is 155 Å². The van der Waals surface area contributed by atoms with Crippen LogP contribution in [-0.2, 0) is 17.9 Å². The maximum Gasteiger partial charge on any atom is 0.223 e. The molecule has 4 heteroatoms. The van der Waals surface area contributed by atoms with Crippen molar-refractivity contribution in [3.63, 3.8) is 0 Å². The standard InChI is InChI=1S/C22H27N3O/c26-21-11-14-22(25(21)17-18-6-2-1-3-7-18)12-9-19(10-13-22)24-16-20-8-4-5-15-23-20/h1-8,15,19,24H,9-14,16-17H2. The molecule has 0 atom stereocenters. The third-order valence-corrected chi connectivity index (χ3v) is 6.08. The zero-order valence-electron chi connectivity index (χ0n) is 15.2. The summed E-state index contributed by atoms with van der Waals surface area (Å²) in [4.78, 5) is 19.1. The van der Waals surface area contributed by atoms with Crippen LogP contribution in [-0.4, -0.2) is 27.4 Å². The fourth-order valence-corrected chi connectivity index (χ4v) is 4.53. The molecule has 0 bridgehead atoms. The lowest BCUT2D eigenvalue weighted by molar-refractivity contribution is -0.133. The van der Waals surface area contributed by atoms with Gasteiger partial charge in [0.2, 0.25) is 5.91 Å². The molecule has 1 aliphatic carbocycles. The number of aromatic nitrogens is 1. The minimum Gasteiger partial charge on any atom is -0.333 e. The number of rotatable bonds is 5. The number of carbonyl (C=O) groups is 1. The predicted octanol–water partition coefficient (Wildman–Crippen LogP) is 3.68. The zero-order chi connectivity index (χ0) is 17.8. The van der Waals surface area contributed by atoms with Crippen molar-refractivity contribution < 1.29 is 4.79 Å². The van der Waals surface area contributed by atoms with Crippen molar-refractivity contribution in [1.82, 2.24) is 15.2 Å². The quantitative estimate of drug-likeness (QED) is 0.896. The Bertz CT molecular complexity index is 724. The third kappa shape index (κ3) is 3.65. The van der Waals surface area contributed by atoms with E-state index in [1.807, 2.05) is 24.4 Å². The lowest BCUT2D eigenvalue weighted by Crippen LogP contribution is -2.50. The Morgan fingerprint density at radius 2 is 1.81 bits per heavy atom. The molecule has 1 saturated carbocycles. The summed E-state index contributed by atoms with van der Waals surface area (Å²) in [7, 11) is 0. The molecule has 26 heavy (non-hydrogen) atoms. The topological polar surface area (TPSA) is 45.2 Å². The summed E-state index contributed by atoms with van der Waals surface area (Å²) in [5.41, 5.74) is 2.41. The number of amides is 1. The van der Waals surface area contributed by atoms with Gasteiger partial charge in [0.05, 0.1) is 5.69 Å². The lowest BCUT2D eigenvalue weighted by Gasteiger charge is -2.44. The van der Waals surface area contributed by atoms with E-state index in [0.29, 0.717) is 18.4 Å². The summed E-state index contributed by atoms with van der Waals surface area (Å²) in [6.07, 6.45) is 8.04. The molecule has 4 nitrogen and oxygen atoms in total. The monoisotopic (exact) mass is 349 g/mol. The van der Waals surface area contributed by atoms with E-state index in [-0.39, 0.29) is 5.54 Å². The van der Waals surface area contributed by atoms with Gasteiger partial charge >= 0.3 is 0 Å². The van der Waals surface area contributed by atoms with E-state index in [1.165, 1.54) is 5.56 Å². The van der Waals surface area contributed by atoms with Gasteiger partial charge in [-0.05, 0) is 49.8 Å². The van der Waals surface area contributed by atoms with Crippen molar-refractivity contribution in [3.8, 4) is 0 Å². The van der Waals surface area contributed by atoms with Gasteiger partial charge in [-0.15, -0.1) is 0 Å². The van der Waals surface area contributed by atoms with Gasteiger partial charge in [0.25, 0.3) is 0 Å². The summed E-state index contributed by atoms with van der Waals surface area (Å²) in [5, 5.41) is 3.65. The number of hydrogen-bond donors (Lipinski definition) is 1. The molecule has 2 heterocycles. The van der Waals surface area contributed by atoms with E-state index < -0.39 is 0 Å². The smallest absolute Gasteiger partial charge is 0.223 e. The highest BCUT2D eigenvalue weighted by atomic mass is 16.2. The van der Waals surface area contributed by atoms with Crippen molar-refractivity contribution in [1.29, 1.82) is 0 Å². The first kappa shape index (κ1) is 17.2. The third-order valence-electron chi connectivity index (χ3n) is 6.08. The summed E-state index contributed by atoms with van der Waals surface area (Å²) in [6, 6.07) is 17.0. The Kier molecular flexibility index (Phi) is 5.02. The van der Waals surface area contributed by atoms with Gasteiger partial charge in [0.1, 0.15) is 0 Å². The van der Waals surface area contributed by atoms with E-state index in [9.17, 15) is 4.79 Å². The van der Waals surface area contributed by atoms with Gasteiger partial charge in [-0.3, -0.25) is 9.78 Å². The fourth-order valence-electron chi connectivity index (χ4n) is 4.53. The number of likely N-dealkylation sites (tertiary alicyclic amines) is 1. The van der Waals surface area contributed by atoms with Gasteiger partial charge in [0.15, 0.2) is 0 Å². The van der Waals surface area contributed by atoms with Crippen LogP contribution in [0, 0.1) is 0 Å². The van der Waals surface area contributed by atoms with E-state index in [1.54, 1.807) is 0 Å². The molecule has 0 radical (unpaired) electrons. The van der Waals surface area contributed by atoms with Gasteiger partial charge in [-0.25, -0.2) is 0 Å². The molecule has 1 spiro atoms. The summed E-state index contributed by atoms with van der Waals surface area (Å²) in [5.74, 6) is 0.328. The molecule has 1 aromatic heterocycles. The molecule has 1 aliphatic heterocycles. The Morgan fingerprint density at radius 1 is 1.04 bits per heavy atom. The minimum atomic E-state index is 0.0795. The Morgan fingerprint density at radius 3 is 2.54 bits per heavy atom. The summed E-state index contributed by atoms with van der Waals surface area (Å²) in [6.45, 7) is 1.58. The molecule has 1 N–H and O–H groups in total. The van der Waals surface area contributed by atoms with Crippen molar-refractivity contribution in [3.05, 3.63) is 66.0 Å².